The number of benzene rings is 2. The van der Waals surface area contributed by atoms with E-state index in [1.807, 2.05) is 31.2 Å². The Hall–Kier alpha value is -2.40. The number of ether oxygens (including phenoxy) is 1. The van der Waals surface area contributed by atoms with Crippen LogP contribution in [0.2, 0.25) is 0 Å². The molecule has 4 nitrogen and oxygen atoms in total. The lowest BCUT2D eigenvalue weighted by molar-refractivity contribution is -0.139. The third-order valence-corrected chi connectivity index (χ3v) is 4.12. The van der Waals surface area contributed by atoms with Gasteiger partial charge in [0.1, 0.15) is 0 Å². The van der Waals surface area contributed by atoms with Crippen LogP contribution in [-0.4, -0.2) is 17.7 Å². The van der Waals surface area contributed by atoms with E-state index in [4.69, 9.17) is 17.0 Å². The second kappa shape index (κ2) is 6.38. The average Bonchev–Trinajstić information content (AvgIpc) is 2.53. The topological polar surface area (TPSA) is 50.4 Å². The largest absolute Gasteiger partial charge is 0.463 e. The molecule has 0 saturated carbocycles. The van der Waals surface area contributed by atoms with E-state index in [-0.39, 0.29) is 12.0 Å². The smallest absolute Gasteiger partial charge is 0.338 e. The summed E-state index contributed by atoms with van der Waals surface area (Å²) in [7, 11) is 0. The summed E-state index contributed by atoms with van der Waals surface area (Å²) in [4.78, 5) is 12.4. The summed E-state index contributed by atoms with van der Waals surface area (Å²) in [6.45, 7) is 3.98. The van der Waals surface area contributed by atoms with Crippen LogP contribution in [0.15, 0.2) is 53.7 Å². The van der Waals surface area contributed by atoms with Gasteiger partial charge in [0.15, 0.2) is 5.11 Å². The van der Waals surface area contributed by atoms with Gasteiger partial charge < -0.3 is 15.4 Å². The van der Waals surface area contributed by atoms with Gasteiger partial charge in [-0.3, -0.25) is 0 Å². The molecule has 2 aromatic carbocycles. The normalized spacial score (nSPS) is 17.7. The maximum atomic E-state index is 12.4. The van der Waals surface area contributed by atoms with Crippen LogP contribution in [0, 0.1) is 0 Å². The molecule has 0 aliphatic carbocycles. The Morgan fingerprint density at radius 3 is 2.74 bits per heavy atom. The van der Waals surface area contributed by atoms with Gasteiger partial charge in [-0.05, 0) is 42.4 Å². The van der Waals surface area contributed by atoms with E-state index in [1.165, 1.54) is 0 Å². The number of esters is 1. The summed E-state index contributed by atoms with van der Waals surface area (Å²) in [5.41, 5.74) is 2.30. The molecule has 0 radical (unpaired) electrons. The van der Waals surface area contributed by atoms with Crippen LogP contribution in [0.1, 0.15) is 25.5 Å². The lowest BCUT2D eigenvalue weighted by atomic mass is 9.91. The standard InChI is InChI=1S/C18H18N2O2S/c1-3-22-17(21)15-11(2)19-18(23)20-16(15)14-10-6-8-12-7-4-5-9-13(12)14/h4-10,16H,3H2,1-2H3,(H2,19,20,23). The van der Waals surface area contributed by atoms with Crippen molar-refractivity contribution in [3.63, 3.8) is 0 Å². The van der Waals surface area contributed by atoms with E-state index < -0.39 is 0 Å². The van der Waals surface area contributed by atoms with Crippen molar-refractivity contribution in [2.75, 3.05) is 6.61 Å². The summed E-state index contributed by atoms with van der Waals surface area (Å²) in [5.74, 6) is -0.328. The van der Waals surface area contributed by atoms with Crippen LogP contribution in [0.25, 0.3) is 10.8 Å². The van der Waals surface area contributed by atoms with Crippen LogP contribution in [0.3, 0.4) is 0 Å². The van der Waals surface area contributed by atoms with E-state index in [1.54, 1.807) is 6.92 Å². The Kier molecular flexibility index (Phi) is 4.30. The second-order valence-electron chi connectivity index (χ2n) is 5.36. The Morgan fingerprint density at radius 1 is 1.22 bits per heavy atom. The Balaban J connectivity index is 2.16. The third kappa shape index (κ3) is 2.92. The summed E-state index contributed by atoms with van der Waals surface area (Å²) in [5, 5.41) is 8.94. The lowest BCUT2D eigenvalue weighted by Gasteiger charge is -2.30. The zero-order valence-corrected chi connectivity index (χ0v) is 13.9. The Labute approximate surface area is 140 Å². The first-order valence-electron chi connectivity index (χ1n) is 7.55. The predicted molar refractivity (Wildman–Crippen MR) is 94.9 cm³/mol. The SMILES string of the molecule is CCOC(=O)C1=C(C)NC(=S)NC1c1cccc2ccccc12. The van der Waals surface area contributed by atoms with Crippen LogP contribution in [-0.2, 0) is 9.53 Å². The minimum atomic E-state index is -0.328. The van der Waals surface area contributed by atoms with E-state index in [2.05, 4.69) is 28.8 Å². The molecule has 118 valence electrons. The van der Waals surface area contributed by atoms with Gasteiger partial charge >= 0.3 is 5.97 Å². The van der Waals surface area contributed by atoms with Gasteiger partial charge in [0.25, 0.3) is 0 Å². The van der Waals surface area contributed by atoms with Gasteiger partial charge in [0.05, 0.1) is 18.2 Å². The van der Waals surface area contributed by atoms with Gasteiger partial charge in [0, 0.05) is 5.70 Å². The maximum Gasteiger partial charge on any atom is 0.338 e. The molecule has 1 unspecified atom stereocenters. The molecule has 2 N–H and O–H groups in total. The zero-order valence-electron chi connectivity index (χ0n) is 13.1. The quantitative estimate of drug-likeness (QED) is 0.670. The molecule has 2 aromatic rings. The molecule has 0 bridgehead atoms. The monoisotopic (exact) mass is 326 g/mol. The van der Waals surface area contributed by atoms with Crippen LogP contribution in [0.4, 0.5) is 0 Å². The first-order valence-corrected chi connectivity index (χ1v) is 7.95. The second-order valence-corrected chi connectivity index (χ2v) is 5.77. The molecule has 5 heteroatoms. The van der Waals surface area contributed by atoms with Gasteiger partial charge in [-0.1, -0.05) is 42.5 Å². The van der Waals surface area contributed by atoms with Crippen LogP contribution in [0.5, 0.6) is 0 Å². The number of hydrogen-bond donors (Lipinski definition) is 2. The van der Waals surface area contributed by atoms with Crippen molar-refractivity contribution in [2.24, 2.45) is 0 Å². The molecule has 1 atom stereocenters. The van der Waals surface area contributed by atoms with Crippen molar-refractivity contribution in [1.29, 1.82) is 0 Å². The van der Waals surface area contributed by atoms with E-state index in [0.717, 1.165) is 22.0 Å². The van der Waals surface area contributed by atoms with Gasteiger partial charge in [-0.25, -0.2) is 4.79 Å². The first kappa shape index (κ1) is 15.5. The molecule has 0 saturated heterocycles. The van der Waals surface area contributed by atoms with Crippen LogP contribution >= 0.6 is 12.2 Å². The number of nitrogens with one attached hydrogen (secondary N) is 2. The molecule has 0 aromatic heterocycles. The molecule has 0 spiro atoms. The van der Waals surface area contributed by atoms with Crippen molar-refractivity contribution in [2.45, 2.75) is 19.9 Å². The number of carbonyl (C=O) groups excluding carboxylic acids is 1. The first-order chi connectivity index (χ1) is 11.1. The summed E-state index contributed by atoms with van der Waals surface area (Å²) >= 11 is 5.28. The van der Waals surface area contributed by atoms with Crippen molar-refractivity contribution < 1.29 is 9.53 Å². The fourth-order valence-corrected chi connectivity index (χ4v) is 3.18. The molecule has 1 aliphatic rings. The van der Waals surface area contributed by atoms with Gasteiger partial charge in [-0.2, -0.15) is 0 Å². The number of carbonyl (C=O) groups is 1. The van der Waals surface area contributed by atoms with Crippen molar-refractivity contribution in [3.05, 3.63) is 59.3 Å². The molecular weight excluding hydrogens is 308 g/mol. The summed E-state index contributed by atoms with van der Waals surface area (Å²) in [6.07, 6.45) is 0. The fraction of sp³-hybridized carbons (Fsp3) is 0.222. The number of fused-ring (bicyclic) bond motifs is 1. The van der Waals surface area contributed by atoms with Crippen LogP contribution < -0.4 is 10.6 Å². The maximum absolute atomic E-state index is 12.4. The number of allylic oxidation sites excluding steroid dienone is 1. The van der Waals surface area contributed by atoms with Crippen molar-refractivity contribution >= 4 is 34.1 Å². The molecule has 3 rings (SSSR count). The Bertz CT molecular complexity index is 808. The minimum Gasteiger partial charge on any atom is -0.463 e. The highest BCUT2D eigenvalue weighted by molar-refractivity contribution is 7.80. The summed E-state index contributed by atoms with van der Waals surface area (Å²) < 4.78 is 5.23. The number of rotatable bonds is 3. The van der Waals surface area contributed by atoms with Gasteiger partial charge in [-0.15, -0.1) is 0 Å². The molecule has 1 heterocycles. The average molecular weight is 326 g/mol. The lowest BCUT2D eigenvalue weighted by Crippen LogP contribution is -2.45. The number of thiocarbonyl (C=S) groups is 1. The van der Waals surface area contributed by atoms with E-state index >= 15 is 0 Å². The number of hydrogen-bond acceptors (Lipinski definition) is 3. The van der Waals surface area contributed by atoms with Gasteiger partial charge in [0.2, 0.25) is 0 Å². The van der Waals surface area contributed by atoms with Crippen molar-refractivity contribution in [3.8, 4) is 0 Å². The highest BCUT2D eigenvalue weighted by Gasteiger charge is 2.31. The Morgan fingerprint density at radius 2 is 1.96 bits per heavy atom. The predicted octanol–water partition coefficient (Wildman–Crippen LogP) is 3.20. The summed E-state index contributed by atoms with van der Waals surface area (Å²) in [6, 6.07) is 13.8. The fourth-order valence-electron chi connectivity index (χ4n) is 2.91. The molecule has 23 heavy (non-hydrogen) atoms. The zero-order chi connectivity index (χ0) is 16.4. The molecule has 0 fully saturated rings. The highest BCUT2D eigenvalue weighted by atomic mass is 32.1. The van der Waals surface area contributed by atoms with E-state index in [9.17, 15) is 4.79 Å². The molecule has 1 aliphatic heterocycles. The molecule has 0 amide bonds. The van der Waals surface area contributed by atoms with Crippen molar-refractivity contribution in [1.82, 2.24) is 10.6 Å². The minimum absolute atomic E-state index is 0.325. The third-order valence-electron chi connectivity index (χ3n) is 3.90. The molecular formula is C18H18N2O2S. The highest BCUT2D eigenvalue weighted by Crippen LogP contribution is 2.32. The van der Waals surface area contributed by atoms with E-state index in [0.29, 0.717) is 17.3 Å².